The Morgan fingerprint density at radius 1 is 1.36 bits per heavy atom. The molecule has 0 unspecified atom stereocenters. The molecule has 0 aliphatic rings. The molecule has 22 heavy (non-hydrogen) atoms. The number of hydrogen-bond acceptors (Lipinski definition) is 5. The van der Waals surface area contributed by atoms with Crippen molar-refractivity contribution in [1.29, 1.82) is 0 Å². The average Bonchev–Trinajstić information content (AvgIpc) is 2.83. The Balaban J connectivity index is 1.97. The summed E-state index contributed by atoms with van der Waals surface area (Å²) >= 11 is 1.28. The van der Waals surface area contributed by atoms with Crippen molar-refractivity contribution < 1.29 is 4.79 Å². The number of benzene rings is 1. The standard InChI is InChI=1S/C15H21N5OS/c1-9(2)14-18-19-15(20(14)16)22-8-13(21)17-12-7-5-6-10(3)11(12)4/h5-7,9H,8,16H2,1-4H3,(H,17,21). The van der Waals surface area contributed by atoms with E-state index in [0.717, 1.165) is 16.8 Å². The number of aryl methyl sites for hydroxylation is 1. The quantitative estimate of drug-likeness (QED) is 0.653. The maximum atomic E-state index is 12.1. The second kappa shape index (κ2) is 6.83. The Kier molecular flexibility index (Phi) is 5.07. The Morgan fingerprint density at radius 3 is 2.73 bits per heavy atom. The zero-order valence-corrected chi connectivity index (χ0v) is 14.1. The number of thioether (sulfide) groups is 1. The average molecular weight is 319 g/mol. The molecule has 1 amide bonds. The second-order valence-corrected chi connectivity index (χ2v) is 6.39. The highest BCUT2D eigenvalue weighted by Crippen LogP contribution is 2.21. The van der Waals surface area contributed by atoms with Gasteiger partial charge in [-0.25, -0.2) is 4.68 Å². The highest BCUT2D eigenvalue weighted by molar-refractivity contribution is 7.99. The number of nitrogens with zero attached hydrogens (tertiary/aromatic N) is 3. The van der Waals surface area contributed by atoms with Crippen molar-refractivity contribution in [3.8, 4) is 0 Å². The molecule has 1 heterocycles. The molecule has 6 nitrogen and oxygen atoms in total. The van der Waals surface area contributed by atoms with E-state index in [1.54, 1.807) is 0 Å². The number of carbonyl (C=O) groups excluding carboxylic acids is 1. The van der Waals surface area contributed by atoms with Crippen molar-refractivity contribution in [2.45, 2.75) is 38.8 Å². The lowest BCUT2D eigenvalue weighted by molar-refractivity contribution is -0.113. The zero-order chi connectivity index (χ0) is 16.3. The summed E-state index contributed by atoms with van der Waals surface area (Å²) in [7, 11) is 0. The number of nitrogen functional groups attached to an aromatic ring is 1. The molecule has 0 bridgehead atoms. The lowest BCUT2D eigenvalue weighted by atomic mass is 10.1. The van der Waals surface area contributed by atoms with E-state index in [9.17, 15) is 4.79 Å². The van der Waals surface area contributed by atoms with Crippen LogP contribution in [0.4, 0.5) is 5.69 Å². The van der Waals surface area contributed by atoms with Gasteiger partial charge in [-0.3, -0.25) is 4.79 Å². The highest BCUT2D eigenvalue weighted by atomic mass is 32.2. The van der Waals surface area contributed by atoms with Crippen LogP contribution in [0.1, 0.15) is 36.7 Å². The maximum Gasteiger partial charge on any atom is 0.234 e. The first-order valence-corrected chi connectivity index (χ1v) is 8.08. The Hall–Kier alpha value is -2.02. The van der Waals surface area contributed by atoms with Gasteiger partial charge in [0.25, 0.3) is 0 Å². The molecule has 2 aromatic rings. The number of nitrogens with one attached hydrogen (secondary N) is 1. The molecule has 3 N–H and O–H groups in total. The Labute approximate surface area is 134 Å². The van der Waals surface area contributed by atoms with Crippen LogP contribution >= 0.6 is 11.8 Å². The van der Waals surface area contributed by atoms with E-state index in [0.29, 0.717) is 11.0 Å². The van der Waals surface area contributed by atoms with E-state index in [4.69, 9.17) is 5.84 Å². The fourth-order valence-corrected chi connectivity index (χ4v) is 2.65. The van der Waals surface area contributed by atoms with Crippen LogP contribution in [-0.2, 0) is 4.79 Å². The van der Waals surface area contributed by atoms with Crippen molar-refractivity contribution in [2.24, 2.45) is 0 Å². The molecule has 0 aliphatic carbocycles. The van der Waals surface area contributed by atoms with Gasteiger partial charge in [-0.1, -0.05) is 37.7 Å². The number of rotatable bonds is 5. The Morgan fingerprint density at radius 2 is 2.09 bits per heavy atom. The summed E-state index contributed by atoms with van der Waals surface area (Å²) < 4.78 is 1.44. The molecule has 0 fully saturated rings. The van der Waals surface area contributed by atoms with Crippen molar-refractivity contribution >= 4 is 23.4 Å². The van der Waals surface area contributed by atoms with Gasteiger partial charge in [0.15, 0.2) is 5.82 Å². The van der Waals surface area contributed by atoms with Crippen LogP contribution in [0.3, 0.4) is 0 Å². The van der Waals surface area contributed by atoms with Crippen molar-refractivity contribution in [1.82, 2.24) is 14.9 Å². The third-order valence-corrected chi connectivity index (χ3v) is 4.36. The van der Waals surface area contributed by atoms with Gasteiger partial charge in [-0.2, -0.15) is 0 Å². The van der Waals surface area contributed by atoms with Crippen LogP contribution in [0.5, 0.6) is 0 Å². The number of hydrogen-bond donors (Lipinski definition) is 2. The predicted octanol–water partition coefficient (Wildman–Crippen LogP) is 2.46. The summed E-state index contributed by atoms with van der Waals surface area (Å²) in [6, 6.07) is 5.84. The van der Waals surface area contributed by atoms with Gasteiger partial charge in [0.1, 0.15) is 0 Å². The fourth-order valence-electron chi connectivity index (χ4n) is 1.98. The summed E-state index contributed by atoms with van der Waals surface area (Å²) in [6.45, 7) is 8.00. The number of anilines is 1. The van der Waals surface area contributed by atoms with E-state index in [2.05, 4.69) is 15.5 Å². The maximum absolute atomic E-state index is 12.1. The monoisotopic (exact) mass is 319 g/mol. The minimum Gasteiger partial charge on any atom is -0.336 e. The van der Waals surface area contributed by atoms with Crippen molar-refractivity contribution in [3.05, 3.63) is 35.2 Å². The van der Waals surface area contributed by atoms with E-state index in [1.165, 1.54) is 16.4 Å². The molecule has 0 atom stereocenters. The lowest BCUT2D eigenvalue weighted by Crippen LogP contribution is -2.18. The molecule has 118 valence electrons. The van der Waals surface area contributed by atoms with Crippen molar-refractivity contribution in [2.75, 3.05) is 16.9 Å². The third kappa shape index (κ3) is 3.59. The molecule has 0 radical (unpaired) electrons. The van der Waals surface area contributed by atoms with Gasteiger partial charge in [0.05, 0.1) is 5.75 Å². The number of amides is 1. The third-order valence-electron chi connectivity index (χ3n) is 3.42. The summed E-state index contributed by atoms with van der Waals surface area (Å²) in [5.41, 5.74) is 3.06. The molecule has 0 spiro atoms. The van der Waals surface area contributed by atoms with Crippen LogP contribution in [0.2, 0.25) is 0 Å². The van der Waals surface area contributed by atoms with E-state index in [-0.39, 0.29) is 17.6 Å². The molecular formula is C15H21N5OS. The minimum atomic E-state index is -0.0900. The first-order chi connectivity index (χ1) is 10.4. The lowest BCUT2D eigenvalue weighted by Gasteiger charge is -2.10. The number of nitrogens with two attached hydrogens (primary N) is 1. The molecule has 2 rings (SSSR count). The molecule has 1 aromatic carbocycles. The topological polar surface area (TPSA) is 85.8 Å². The molecule has 0 saturated carbocycles. The highest BCUT2D eigenvalue weighted by Gasteiger charge is 2.14. The minimum absolute atomic E-state index is 0.0900. The van der Waals surface area contributed by atoms with Crippen molar-refractivity contribution in [3.63, 3.8) is 0 Å². The van der Waals surface area contributed by atoms with Crippen LogP contribution in [-0.4, -0.2) is 26.5 Å². The SMILES string of the molecule is Cc1cccc(NC(=O)CSc2nnc(C(C)C)n2N)c1C. The fraction of sp³-hybridized carbons (Fsp3) is 0.400. The Bertz CT molecular complexity index is 681. The summed E-state index contributed by atoms with van der Waals surface area (Å²) in [5, 5.41) is 11.5. The summed E-state index contributed by atoms with van der Waals surface area (Å²) in [6.07, 6.45) is 0. The van der Waals surface area contributed by atoms with Gasteiger partial charge in [0, 0.05) is 11.6 Å². The molecule has 0 saturated heterocycles. The van der Waals surface area contributed by atoms with Crippen LogP contribution in [0.25, 0.3) is 0 Å². The predicted molar refractivity (Wildman–Crippen MR) is 89.5 cm³/mol. The van der Waals surface area contributed by atoms with Crippen LogP contribution in [0.15, 0.2) is 23.4 Å². The van der Waals surface area contributed by atoms with Crippen LogP contribution < -0.4 is 11.2 Å². The van der Waals surface area contributed by atoms with Gasteiger partial charge in [0.2, 0.25) is 11.1 Å². The first-order valence-electron chi connectivity index (χ1n) is 7.09. The van der Waals surface area contributed by atoms with E-state index in [1.807, 2.05) is 45.9 Å². The summed E-state index contributed by atoms with van der Waals surface area (Å²) in [5.74, 6) is 6.97. The van der Waals surface area contributed by atoms with E-state index < -0.39 is 0 Å². The van der Waals surface area contributed by atoms with Gasteiger partial charge < -0.3 is 11.2 Å². The smallest absolute Gasteiger partial charge is 0.234 e. The molecular weight excluding hydrogens is 298 g/mol. The normalized spacial score (nSPS) is 11.0. The summed E-state index contributed by atoms with van der Waals surface area (Å²) in [4.78, 5) is 12.1. The van der Waals surface area contributed by atoms with Gasteiger partial charge in [-0.05, 0) is 31.0 Å². The molecule has 7 heteroatoms. The first kappa shape index (κ1) is 16.4. The van der Waals surface area contributed by atoms with Crippen LogP contribution in [0, 0.1) is 13.8 Å². The number of aromatic nitrogens is 3. The zero-order valence-electron chi connectivity index (χ0n) is 13.3. The van der Waals surface area contributed by atoms with Gasteiger partial charge >= 0.3 is 0 Å². The second-order valence-electron chi connectivity index (χ2n) is 5.45. The largest absolute Gasteiger partial charge is 0.336 e. The number of carbonyl (C=O) groups is 1. The van der Waals surface area contributed by atoms with E-state index >= 15 is 0 Å². The molecule has 0 aliphatic heterocycles. The van der Waals surface area contributed by atoms with Gasteiger partial charge in [-0.15, -0.1) is 10.2 Å². The molecule has 1 aromatic heterocycles.